The minimum atomic E-state index is -1.11. The van der Waals surface area contributed by atoms with Gasteiger partial charge in [-0.25, -0.2) is 0 Å². The monoisotopic (exact) mass is 858 g/mol. The Hall–Kier alpha value is -1.43. The first-order valence-corrected chi connectivity index (χ1v) is 27.3. The van der Waals surface area contributed by atoms with E-state index in [1.807, 2.05) is 6.08 Å². The fourth-order valence-electron chi connectivity index (χ4n) is 8.46. The molecule has 0 aliphatic carbocycles. The summed E-state index contributed by atoms with van der Waals surface area (Å²) in [6.45, 7) is 4.19. The number of rotatable bonds is 50. The number of unbranched alkanes of at least 4 members (excludes halogenated alkanes) is 38. The second-order valence-corrected chi connectivity index (χ2v) is 18.8. The van der Waals surface area contributed by atoms with E-state index in [9.17, 15) is 20.1 Å². The number of hydrogen-bond acceptors (Lipinski definition) is 4. The molecule has 5 heteroatoms. The molecule has 0 aromatic heterocycles. The standard InChI is InChI=1S/C56H107NO4/c1-3-5-7-9-11-13-15-17-19-21-23-24-25-26-27-28-29-30-31-32-33-35-37-39-41-43-45-47-49-51-55(60)56(61)57-53(52-58)54(59)50-48-46-44-42-40-38-36-34-22-20-18-16-14-12-10-8-6-4-2/h22,34,40,42,48,50,53-55,58-60H,3-21,23-33,35-39,41,43-47,49,51-52H2,1-2H3,(H,57,61)/b34-22+,42-40+,50-48+. The van der Waals surface area contributed by atoms with Crippen molar-refractivity contribution in [2.75, 3.05) is 6.61 Å². The van der Waals surface area contributed by atoms with Gasteiger partial charge >= 0.3 is 0 Å². The Morgan fingerprint density at radius 2 is 0.672 bits per heavy atom. The number of carbonyl (C=O) groups excluding carboxylic acids is 1. The first kappa shape index (κ1) is 59.6. The van der Waals surface area contributed by atoms with Crippen molar-refractivity contribution in [2.24, 2.45) is 0 Å². The van der Waals surface area contributed by atoms with Crippen LogP contribution in [0.2, 0.25) is 0 Å². The topological polar surface area (TPSA) is 89.8 Å². The van der Waals surface area contributed by atoms with E-state index in [0.717, 1.165) is 44.9 Å². The van der Waals surface area contributed by atoms with Gasteiger partial charge in [0.2, 0.25) is 5.91 Å². The Kier molecular flexibility index (Phi) is 50.0. The molecule has 0 aliphatic heterocycles. The Balaban J connectivity index is 3.57. The number of aliphatic hydroxyl groups is 3. The third kappa shape index (κ3) is 46.4. The fraction of sp³-hybridized carbons (Fsp3) is 0.875. The number of hydrogen-bond donors (Lipinski definition) is 4. The van der Waals surface area contributed by atoms with Crippen molar-refractivity contribution >= 4 is 5.91 Å². The van der Waals surface area contributed by atoms with Crippen LogP contribution in [0.25, 0.3) is 0 Å². The van der Waals surface area contributed by atoms with Crippen LogP contribution in [0.3, 0.4) is 0 Å². The van der Waals surface area contributed by atoms with Gasteiger partial charge in [-0.1, -0.05) is 281 Å². The molecule has 0 radical (unpaired) electrons. The highest BCUT2D eigenvalue weighted by Gasteiger charge is 2.22. The molecule has 3 atom stereocenters. The molecule has 0 fully saturated rings. The highest BCUT2D eigenvalue weighted by Crippen LogP contribution is 2.17. The van der Waals surface area contributed by atoms with Crippen molar-refractivity contribution < 1.29 is 20.1 Å². The third-order valence-corrected chi connectivity index (χ3v) is 12.7. The van der Waals surface area contributed by atoms with Gasteiger partial charge in [-0.15, -0.1) is 0 Å². The molecule has 0 saturated carbocycles. The summed E-state index contributed by atoms with van der Waals surface area (Å²) in [6, 6.07) is -0.819. The predicted molar refractivity (Wildman–Crippen MR) is 268 cm³/mol. The molecule has 0 spiro atoms. The van der Waals surface area contributed by atoms with E-state index < -0.39 is 24.2 Å². The van der Waals surface area contributed by atoms with Crippen molar-refractivity contribution in [3.8, 4) is 0 Å². The average molecular weight is 858 g/mol. The largest absolute Gasteiger partial charge is 0.394 e. The molecule has 4 N–H and O–H groups in total. The van der Waals surface area contributed by atoms with Crippen LogP contribution in [0.1, 0.15) is 290 Å². The van der Waals surface area contributed by atoms with E-state index in [2.05, 4.69) is 43.5 Å². The highest BCUT2D eigenvalue weighted by molar-refractivity contribution is 5.80. The molecular formula is C56H107NO4. The van der Waals surface area contributed by atoms with Crippen molar-refractivity contribution in [1.82, 2.24) is 5.32 Å². The fourth-order valence-corrected chi connectivity index (χ4v) is 8.46. The lowest BCUT2D eigenvalue weighted by molar-refractivity contribution is -0.131. The minimum absolute atomic E-state index is 0.379. The van der Waals surface area contributed by atoms with Crippen molar-refractivity contribution in [3.63, 3.8) is 0 Å². The molecule has 0 bridgehead atoms. The van der Waals surface area contributed by atoms with Crippen LogP contribution < -0.4 is 5.32 Å². The lowest BCUT2D eigenvalue weighted by Gasteiger charge is -2.21. The van der Waals surface area contributed by atoms with Gasteiger partial charge in [-0.05, 0) is 44.9 Å². The van der Waals surface area contributed by atoms with Gasteiger partial charge < -0.3 is 20.6 Å². The first-order chi connectivity index (χ1) is 30.1. The number of aliphatic hydroxyl groups excluding tert-OH is 3. The van der Waals surface area contributed by atoms with Crippen LogP contribution in [0.5, 0.6) is 0 Å². The van der Waals surface area contributed by atoms with E-state index in [0.29, 0.717) is 6.42 Å². The van der Waals surface area contributed by atoms with Gasteiger partial charge in [-0.2, -0.15) is 0 Å². The highest BCUT2D eigenvalue weighted by atomic mass is 16.3. The smallest absolute Gasteiger partial charge is 0.249 e. The third-order valence-electron chi connectivity index (χ3n) is 12.7. The maximum atomic E-state index is 12.5. The van der Waals surface area contributed by atoms with Gasteiger partial charge in [0.15, 0.2) is 0 Å². The quantitative estimate of drug-likeness (QED) is 0.0362. The number of amides is 1. The Morgan fingerprint density at radius 1 is 0.393 bits per heavy atom. The molecule has 0 rings (SSSR count). The van der Waals surface area contributed by atoms with E-state index in [-0.39, 0.29) is 6.61 Å². The van der Waals surface area contributed by atoms with Gasteiger partial charge in [0.05, 0.1) is 18.8 Å². The molecule has 3 unspecified atom stereocenters. The van der Waals surface area contributed by atoms with Crippen molar-refractivity contribution in [2.45, 2.75) is 308 Å². The van der Waals surface area contributed by atoms with Gasteiger partial charge in [0.1, 0.15) is 6.10 Å². The normalized spacial score (nSPS) is 13.6. The zero-order chi connectivity index (χ0) is 44.4. The number of nitrogens with one attached hydrogen (secondary N) is 1. The molecule has 5 nitrogen and oxygen atoms in total. The van der Waals surface area contributed by atoms with Crippen LogP contribution in [0.4, 0.5) is 0 Å². The summed E-state index contributed by atoms with van der Waals surface area (Å²) >= 11 is 0. The van der Waals surface area contributed by atoms with Crippen LogP contribution in [0.15, 0.2) is 36.5 Å². The number of allylic oxidation sites excluding steroid dienone is 5. The molecule has 0 saturated heterocycles. The summed E-state index contributed by atoms with van der Waals surface area (Å²) in [4.78, 5) is 12.5. The molecule has 1 amide bonds. The maximum absolute atomic E-state index is 12.5. The molecular weight excluding hydrogens is 751 g/mol. The van der Waals surface area contributed by atoms with Crippen LogP contribution in [0, 0.1) is 0 Å². The van der Waals surface area contributed by atoms with Gasteiger partial charge in [0, 0.05) is 0 Å². The number of carbonyl (C=O) groups is 1. The zero-order valence-corrected chi connectivity index (χ0v) is 41.1. The maximum Gasteiger partial charge on any atom is 0.249 e. The van der Waals surface area contributed by atoms with E-state index >= 15 is 0 Å². The molecule has 360 valence electrons. The Bertz CT molecular complexity index is 947. The summed E-state index contributed by atoms with van der Waals surface area (Å²) < 4.78 is 0. The van der Waals surface area contributed by atoms with Crippen LogP contribution in [-0.4, -0.2) is 46.1 Å². The Labute approximate surface area is 381 Å². The van der Waals surface area contributed by atoms with Crippen LogP contribution >= 0.6 is 0 Å². The van der Waals surface area contributed by atoms with Gasteiger partial charge in [0.25, 0.3) is 0 Å². The summed E-state index contributed by atoms with van der Waals surface area (Å²) in [5.41, 5.74) is 0. The molecule has 0 aromatic carbocycles. The summed E-state index contributed by atoms with van der Waals surface area (Å²) in [6.07, 6.45) is 66.5. The summed E-state index contributed by atoms with van der Waals surface area (Å²) in [5, 5.41) is 33.3. The van der Waals surface area contributed by atoms with E-state index in [4.69, 9.17) is 0 Å². The summed E-state index contributed by atoms with van der Waals surface area (Å²) in [5.74, 6) is -0.512. The first-order valence-electron chi connectivity index (χ1n) is 27.3. The minimum Gasteiger partial charge on any atom is -0.394 e. The average Bonchev–Trinajstić information content (AvgIpc) is 3.26. The van der Waals surface area contributed by atoms with E-state index in [1.54, 1.807) is 6.08 Å². The zero-order valence-electron chi connectivity index (χ0n) is 41.1. The van der Waals surface area contributed by atoms with Crippen LogP contribution in [-0.2, 0) is 4.79 Å². The lowest BCUT2D eigenvalue weighted by Crippen LogP contribution is -2.48. The summed E-state index contributed by atoms with van der Waals surface area (Å²) in [7, 11) is 0. The van der Waals surface area contributed by atoms with Gasteiger partial charge in [-0.3, -0.25) is 4.79 Å². The molecule has 0 heterocycles. The molecule has 0 aliphatic rings. The van der Waals surface area contributed by atoms with E-state index in [1.165, 1.54) is 225 Å². The molecule has 0 aromatic rings. The Morgan fingerprint density at radius 3 is 1.00 bits per heavy atom. The van der Waals surface area contributed by atoms with Crippen molar-refractivity contribution in [3.05, 3.63) is 36.5 Å². The second kappa shape index (κ2) is 51.2. The van der Waals surface area contributed by atoms with Crippen molar-refractivity contribution in [1.29, 1.82) is 0 Å². The predicted octanol–water partition coefficient (Wildman–Crippen LogP) is 16.7. The lowest BCUT2D eigenvalue weighted by atomic mass is 10.0. The SMILES string of the molecule is CCCCCCCCCC/C=C/CC/C=C/CC/C=C/C(O)C(CO)NC(=O)C(O)CCCCCCCCCCCCCCCCCCCCCCCCCCCCCCC. The second-order valence-electron chi connectivity index (χ2n) is 18.8. The molecule has 61 heavy (non-hydrogen) atoms.